The van der Waals surface area contributed by atoms with Gasteiger partial charge < -0.3 is 11.1 Å². The van der Waals surface area contributed by atoms with Gasteiger partial charge in [-0.05, 0) is 37.4 Å². The molecular weight excluding hydrogens is 287 g/mol. The van der Waals surface area contributed by atoms with Gasteiger partial charge in [0.15, 0.2) is 0 Å². The Kier molecular flexibility index (Phi) is 3.79. The van der Waals surface area contributed by atoms with Crippen LogP contribution in [0.25, 0.3) is 0 Å². The number of carbonyl (C=O) groups is 1. The molecule has 0 saturated heterocycles. The summed E-state index contributed by atoms with van der Waals surface area (Å²) in [7, 11) is 0. The fourth-order valence-electron chi connectivity index (χ4n) is 1.71. The van der Waals surface area contributed by atoms with E-state index < -0.39 is 17.8 Å². The zero-order valence-electron chi connectivity index (χ0n) is 9.25. The minimum atomic E-state index is -0.747. The number of benzene rings is 1. The van der Waals surface area contributed by atoms with E-state index in [1.54, 1.807) is 12.1 Å². The van der Waals surface area contributed by atoms with Gasteiger partial charge in [-0.25, -0.2) is 4.39 Å². The molecule has 0 heterocycles. The highest BCUT2D eigenvalue weighted by Gasteiger charge is 2.26. The van der Waals surface area contributed by atoms with Crippen molar-refractivity contribution in [1.29, 1.82) is 0 Å². The SMILES string of the molecule is NC(=O)C(NCC1CC1)c1ccc(Br)cc1F. The molecule has 1 atom stereocenters. The highest BCUT2D eigenvalue weighted by molar-refractivity contribution is 9.10. The number of halogens is 2. The molecule has 5 heteroatoms. The molecule has 1 aromatic carbocycles. The molecule has 1 fully saturated rings. The summed E-state index contributed by atoms with van der Waals surface area (Å²) in [6.07, 6.45) is 2.34. The van der Waals surface area contributed by atoms with Gasteiger partial charge in [-0.15, -0.1) is 0 Å². The number of nitrogens with two attached hydrogens (primary N) is 1. The molecule has 1 aliphatic carbocycles. The average Bonchev–Trinajstić information content (AvgIpc) is 3.04. The fourth-order valence-corrected chi connectivity index (χ4v) is 2.04. The lowest BCUT2D eigenvalue weighted by molar-refractivity contribution is -0.120. The third-order valence-corrected chi connectivity index (χ3v) is 3.36. The van der Waals surface area contributed by atoms with Crippen LogP contribution in [0.2, 0.25) is 0 Å². The molecule has 3 nitrogen and oxygen atoms in total. The van der Waals surface area contributed by atoms with Crippen LogP contribution in [0.15, 0.2) is 22.7 Å². The molecule has 0 bridgehead atoms. The molecule has 92 valence electrons. The van der Waals surface area contributed by atoms with E-state index in [1.807, 2.05) is 0 Å². The zero-order valence-corrected chi connectivity index (χ0v) is 10.8. The molecule has 0 aliphatic heterocycles. The molecule has 2 rings (SSSR count). The molecule has 1 aromatic rings. The van der Waals surface area contributed by atoms with Gasteiger partial charge in [-0.3, -0.25) is 4.79 Å². The summed E-state index contributed by atoms with van der Waals surface area (Å²) in [5.74, 6) is -0.367. The van der Waals surface area contributed by atoms with Crippen molar-refractivity contribution in [2.75, 3.05) is 6.54 Å². The average molecular weight is 301 g/mol. The molecule has 0 aromatic heterocycles. The third kappa shape index (κ3) is 3.26. The minimum absolute atomic E-state index is 0.307. The maximum absolute atomic E-state index is 13.7. The molecule has 3 N–H and O–H groups in total. The van der Waals surface area contributed by atoms with E-state index in [4.69, 9.17) is 5.73 Å². The molecule has 0 radical (unpaired) electrons. The number of amides is 1. The van der Waals surface area contributed by atoms with E-state index in [9.17, 15) is 9.18 Å². The lowest BCUT2D eigenvalue weighted by Gasteiger charge is -2.16. The number of hydrogen-bond donors (Lipinski definition) is 2. The highest BCUT2D eigenvalue weighted by Crippen LogP contribution is 2.29. The monoisotopic (exact) mass is 300 g/mol. The smallest absolute Gasteiger partial charge is 0.239 e. The van der Waals surface area contributed by atoms with Crippen LogP contribution in [0.5, 0.6) is 0 Å². The summed E-state index contributed by atoms with van der Waals surface area (Å²) in [6.45, 7) is 0.711. The Hall–Kier alpha value is -0.940. The van der Waals surface area contributed by atoms with Gasteiger partial charge in [0.1, 0.15) is 11.9 Å². The summed E-state index contributed by atoms with van der Waals surface area (Å²) in [6, 6.07) is 3.87. The van der Waals surface area contributed by atoms with Crippen molar-refractivity contribution in [3.8, 4) is 0 Å². The predicted molar refractivity (Wildman–Crippen MR) is 66.8 cm³/mol. The van der Waals surface area contributed by atoms with Gasteiger partial charge in [0.2, 0.25) is 5.91 Å². The van der Waals surface area contributed by atoms with Crippen molar-refractivity contribution in [2.24, 2.45) is 11.7 Å². The second-order valence-corrected chi connectivity index (χ2v) is 5.27. The molecule has 1 unspecified atom stereocenters. The van der Waals surface area contributed by atoms with Crippen LogP contribution in [0.1, 0.15) is 24.4 Å². The summed E-state index contributed by atoms with van der Waals surface area (Å²) in [5.41, 5.74) is 5.61. The van der Waals surface area contributed by atoms with Crippen LogP contribution in [-0.4, -0.2) is 12.5 Å². The van der Waals surface area contributed by atoms with Gasteiger partial charge in [0.05, 0.1) is 0 Å². The van der Waals surface area contributed by atoms with Crippen molar-refractivity contribution in [3.05, 3.63) is 34.1 Å². The van der Waals surface area contributed by atoms with E-state index >= 15 is 0 Å². The highest BCUT2D eigenvalue weighted by atomic mass is 79.9. The Morgan fingerprint density at radius 3 is 2.82 bits per heavy atom. The van der Waals surface area contributed by atoms with Gasteiger partial charge in [0, 0.05) is 10.0 Å². The van der Waals surface area contributed by atoms with Crippen molar-refractivity contribution in [2.45, 2.75) is 18.9 Å². The zero-order chi connectivity index (χ0) is 12.4. The normalized spacial score (nSPS) is 16.8. The summed E-state index contributed by atoms with van der Waals surface area (Å²) < 4.78 is 14.4. The van der Waals surface area contributed by atoms with Crippen LogP contribution in [0.4, 0.5) is 4.39 Å². The lowest BCUT2D eigenvalue weighted by Crippen LogP contribution is -2.35. The molecule has 17 heavy (non-hydrogen) atoms. The largest absolute Gasteiger partial charge is 0.368 e. The van der Waals surface area contributed by atoms with Gasteiger partial charge in [-0.2, -0.15) is 0 Å². The maximum Gasteiger partial charge on any atom is 0.239 e. The second-order valence-electron chi connectivity index (χ2n) is 4.35. The number of rotatable bonds is 5. The number of carbonyl (C=O) groups excluding carboxylic acids is 1. The van der Waals surface area contributed by atoms with E-state index in [1.165, 1.54) is 18.9 Å². The Labute approximate surface area is 108 Å². The van der Waals surface area contributed by atoms with Crippen LogP contribution in [0.3, 0.4) is 0 Å². The van der Waals surface area contributed by atoms with Crippen LogP contribution in [0, 0.1) is 11.7 Å². The third-order valence-electron chi connectivity index (χ3n) is 2.87. The molecule has 1 amide bonds. The van der Waals surface area contributed by atoms with E-state index in [-0.39, 0.29) is 0 Å². The quantitative estimate of drug-likeness (QED) is 0.875. The van der Waals surface area contributed by atoms with Gasteiger partial charge >= 0.3 is 0 Å². The Morgan fingerprint density at radius 1 is 1.59 bits per heavy atom. The number of nitrogens with one attached hydrogen (secondary N) is 1. The standard InChI is InChI=1S/C12H14BrFN2O/c13-8-3-4-9(10(14)5-8)11(12(15)17)16-6-7-1-2-7/h3-5,7,11,16H,1-2,6H2,(H2,15,17). The molecule has 1 aliphatic rings. The van der Waals surface area contributed by atoms with Crippen molar-refractivity contribution in [1.82, 2.24) is 5.32 Å². The Bertz CT molecular complexity index is 435. The summed E-state index contributed by atoms with van der Waals surface area (Å²) in [4.78, 5) is 11.4. The predicted octanol–water partition coefficient (Wildman–Crippen LogP) is 2.11. The van der Waals surface area contributed by atoms with E-state index in [2.05, 4.69) is 21.2 Å². The van der Waals surface area contributed by atoms with Crippen molar-refractivity contribution < 1.29 is 9.18 Å². The van der Waals surface area contributed by atoms with Crippen LogP contribution < -0.4 is 11.1 Å². The van der Waals surface area contributed by atoms with E-state index in [0.29, 0.717) is 22.5 Å². The first-order valence-electron chi connectivity index (χ1n) is 5.55. The molecule has 0 spiro atoms. The Balaban J connectivity index is 2.15. The second kappa shape index (κ2) is 5.14. The molecule has 1 saturated carbocycles. The minimum Gasteiger partial charge on any atom is -0.368 e. The number of primary amides is 1. The summed E-state index contributed by atoms with van der Waals surface area (Å²) in [5, 5.41) is 3.03. The topological polar surface area (TPSA) is 55.1 Å². The first kappa shape index (κ1) is 12.5. The fraction of sp³-hybridized carbons (Fsp3) is 0.417. The van der Waals surface area contributed by atoms with E-state index in [0.717, 1.165) is 0 Å². The first-order chi connectivity index (χ1) is 8.08. The van der Waals surface area contributed by atoms with Crippen LogP contribution >= 0.6 is 15.9 Å². The van der Waals surface area contributed by atoms with Crippen molar-refractivity contribution in [3.63, 3.8) is 0 Å². The molecular formula is C12H14BrFN2O. The van der Waals surface area contributed by atoms with Gasteiger partial charge in [-0.1, -0.05) is 22.0 Å². The maximum atomic E-state index is 13.7. The van der Waals surface area contributed by atoms with Crippen LogP contribution in [-0.2, 0) is 4.79 Å². The lowest BCUT2D eigenvalue weighted by atomic mass is 10.1. The Morgan fingerprint density at radius 2 is 2.29 bits per heavy atom. The summed E-state index contributed by atoms with van der Waals surface area (Å²) >= 11 is 3.18. The van der Waals surface area contributed by atoms with Gasteiger partial charge in [0.25, 0.3) is 0 Å². The number of hydrogen-bond acceptors (Lipinski definition) is 2. The van der Waals surface area contributed by atoms with Crippen molar-refractivity contribution >= 4 is 21.8 Å². The first-order valence-corrected chi connectivity index (χ1v) is 6.35.